The van der Waals surface area contributed by atoms with Crippen LogP contribution in [0, 0.1) is 6.92 Å². The quantitative estimate of drug-likeness (QED) is 0.824. The van der Waals surface area contributed by atoms with Crippen molar-refractivity contribution in [2.75, 3.05) is 13.2 Å². The molecule has 0 aliphatic heterocycles. The Hall–Kier alpha value is -1.39. The maximum absolute atomic E-state index is 11.0. The molecule has 2 rings (SSSR count). The Kier molecular flexibility index (Phi) is 4.56. The van der Waals surface area contributed by atoms with Crippen LogP contribution in [0.15, 0.2) is 18.2 Å². The molecule has 0 spiro atoms. The van der Waals surface area contributed by atoms with Crippen molar-refractivity contribution < 1.29 is 15.0 Å². The van der Waals surface area contributed by atoms with E-state index >= 15 is 0 Å². The van der Waals surface area contributed by atoms with Crippen LogP contribution in [0.1, 0.15) is 40.7 Å². The lowest BCUT2D eigenvalue weighted by Crippen LogP contribution is -2.41. The Bertz CT molecular complexity index is 455. The molecule has 1 aliphatic rings. The first-order valence-corrected chi connectivity index (χ1v) is 6.79. The number of hydrogen-bond donors (Lipinski definition) is 2. The third kappa shape index (κ3) is 3.33. The largest absolute Gasteiger partial charge is 0.478 e. The topological polar surface area (TPSA) is 60.8 Å². The van der Waals surface area contributed by atoms with E-state index in [4.69, 9.17) is 10.2 Å². The van der Waals surface area contributed by atoms with Gasteiger partial charge >= 0.3 is 5.97 Å². The second-order valence-corrected chi connectivity index (χ2v) is 5.23. The number of hydrogen-bond acceptors (Lipinski definition) is 3. The lowest BCUT2D eigenvalue weighted by atomic mass is 9.90. The minimum atomic E-state index is -0.890. The van der Waals surface area contributed by atoms with E-state index in [0.29, 0.717) is 18.2 Å². The van der Waals surface area contributed by atoms with Crippen molar-refractivity contribution in [3.63, 3.8) is 0 Å². The third-order valence-electron chi connectivity index (χ3n) is 3.95. The fourth-order valence-electron chi connectivity index (χ4n) is 2.46. The highest BCUT2D eigenvalue weighted by atomic mass is 16.4. The van der Waals surface area contributed by atoms with Crippen LogP contribution in [-0.2, 0) is 6.54 Å². The molecule has 0 unspecified atom stereocenters. The van der Waals surface area contributed by atoms with Gasteiger partial charge in [-0.3, -0.25) is 4.90 Å². The SMILES string of the molecule is Cc1ccc(C(=O)O)cc1CN(CCO)C1CCC1. The zero-order valence-electron chi connectivity index (χ0n) is 11.3. The van der Waals surface area contributed by atoms with Crippen molar-refractivity contribution in [3.8, 4) is 0 Å². The first kappa shape index (κ1) is 14.0. The van der Waals surface area contributed by atoms with E-state index in [-0.39, 0.29) is 6.61 Å². The number of aromatic carboxylic acids is 1. The average molecular weight is 263 g/mol. The molecule has 0 heterocycles. The maximum Gasteiger partial charge on any atom is 0.335 e. The fraction of sp³-hybridized carbons (Fsp3) is 0.533. The van der Waals surface area contributed by atoms with Gasteiger partial charge in [-0.2, -0.15) is 0 Å². The second kappa shape index (κ2) is 6.17. The van der Waals surface area contributed by atoms with E-state index < -0.39 is 5.97 Å². The van der Waals surface area contributed by atoms with Gasteiger partial charge in [-0.1, -0.05) is 12.5 Å². The van der Waals surface area contributed by atoms with E-state index in [2.05, 4.69) is 4.90 Å². The summed E-state index contributed by atoms with van der Waals surface area (Å²) in [7, 11) is 0. The standard InChI is InChI=1S/C15H21NO3/c1-11-5-6-12(15(18)19)9-13(11)10-16(7-8-17)14-3-2-4-14/h5-6,9,14,17H,2-4,7-8,10H2,1H3,(H,18,19). The smallest absolute Gasteiger partial charge is 0.335 e. The van der Waals surface area contributed by atoms with Crippen molar-refractivity contribution in [1.29, 1.82) is 0 Å². The number of rotatable bonds is 6. The van der Waals surface area contributed by atoms with Crippen LogP contribution in [0.2, 0.25) is 0 Å². The second-order valence-electron chi connectivity index (χ2n) is 5.23. The predicted molar refractivity (Wildman–Crippen MR) is 73.3 cm³/mol. The number of carbonyl (C=O) groups is 1. The van der Waals surface area contributed by atoms with Crippen LogP contribution in [0.4, 0.5) is 0 Å². The van der Waals surface area contributed by atoms with Gasteiger partial charge in [0.15, 0.2) is 0 Å². The Morgan fingerprint density at radius 2 is 2.16 bits per heavy atom. The van der Waals surface area contributed by atoms with Crippen LogP contribution in [0.25, 0.3) is 0 Å². The van der Waals surface area contributed by atoms with Crippen LogP contribution in [0.3, 0.4) is 0 Å². The van der Waals surface area contributed by atoms with Crippen LogP contribution >= 0.6 is 0 Å². The van der Waals surface area contributed by atoms with Crippen LogP contribution in [-0.4, -0.2) is 40.3 Å². The molecule has 0 amide bonds. The summed E-state index contributed by atoms with van der Waals surface area (Å²) in [5.41, 5.74) is 2.48. The summed E-state index contributed by atoms with van der Waals surface area (Å²) >= 11 is 0. The van der Waals surface area contributed by atoms with Crippen LogP contribution in [0.5, 0.6) is 0 Å². The zero-order chi connectivity index (χ0) is 13.8. The minimum absolute atomic E-state index is 0.147. The van der Waals surface area contributed by atoms with Crippen molar-refractivity contribution in [3.05, 3.63) is 34.9 Å². The summed E-state index contributed by atoms with van der Waals surface area (Å²) in [6.07, 6.45) is 3.61. The van der Waals surface area contributed by atoms with Gasteiger partial charge in [0.05, 0.1) is 12.2 Å². The number of nitrogens with zero attached hydrogens (tertiary/aromatic N) is 1. The van der Waals surface area contributed by atoms with E-state index in [1.165, 1.54) is 19.3 Å². The molecule has 19 heavy (non-hydrogen) atoms. The van der Waals surface area contributed by atoms with E-state index in [9.17, 15) is 4.79 Å². The molecule has 1 fully saturated rings. The molecule has 104 valence electrons. The van der Waals surface area contributed by atoms with Gasteiger partial charge in [0.25, 0.3) is 0 Å². The first-order chi connectivity index (χ1) is 9.11. The average Bonchev–Trinajstić information content (AvgIpc) is 2.29. The molecular formula is C15H21NO3. The van der Waals surface area contributed by atoms with Crippen molar-refractivity contribution in [1.82, 2.24) is 4.90 Å². The molecule has 1 saturated carbocycles. The number of benzene rings is 1. The summed E-state index contributed by atoms with van der Waals surface area (Å²) in [5, 5.41) is 18.2. The summed E-state index contributed by atoms with van der Waals surface area (Å²) < 4.78 is 0. The normalized spacial score (nSPS) is 15.5. The Morgan fingerprint density at radius 1 is 1.42 bits per heavy atom. The predicted octanol–water partition coefficient (Wildman–Crippen LogP) is 2.04. The van der Waals surface area contributed by atoms with E-state index in [0.717, 1.165) is 17.7 Å². The highest BCUT2D eigenvalue weighted by Gasteiger charge is 2.25. The molecule has 0 saturated heterocycles. The third-order valence-corrected chi connectivity index (χ3v) is 3.95. The van der Waals surface area contributed by atoms with Gasteiger partial charge in [0.2, 0.25) is 0 Å². The number of aliphatic hydroxyl groups excluding tert-OH is 1. The highest BCUT2D eigenvalue weighted by Crippen LogP contribution is 2.26. The molecule has 1 aromatic rings. The van der Waals surface area contributed by atoms with Crippen molar-refractivity contribution in [2.24, 2.45) is 0 Å². The lowest BCUT2D eigenvalue weighted by molar-refractivity contribution is 0.0696. The molecule has 0 aromatic heterocycles. The number of carboxylic acids is 1. The maximum atomic E-state index is 11.0. The minimum Gasteiger partial charge on any atom is -0.478 e. The number of aliphatic hydroxyl groups is 1. The zero-order valence-corrected chi connectivity index (χ0v) is 11.3. The van der Waals surface area contributed by atoms with Gasteiger partial charge in [0.1, 0.15) is 0 Å². The van der Waals surface area contributed by atoms with Crippen molar-refractivity contribution in [2.45, 2.75) is 38.8 Å². The van der Waals surface area contributed by atoms with Gasteiger partial charge in [0, 0.05) is 19.1 Å². The lowest BCUT2D eigenvalue weighted by Gasteiger charge is -2.37. The Balaban J connectivity index is 2.15. The molecule has 0 radical (unpaired) electrons. The Morgan fingerprint density at radius 3 is 2.68 bits per heavy atom. The molecule has 2 N–H and O–H groups in total. The molecule has 4 heteroatoms. The van der Waals surface area contributed by atoms with Crippen LogP contribution < -0.4 is 0 Å². The monoisotopic (exact) mass is 263 g/mol. The Labute approximate surface area is 113 Å². The van der Waals surface area contributed by atoms with Gasteiger partial charge in [-0.05, 0) is 43.0 Å². The summed E-state index contributed by atoms with van der Waals surface area (Å²) in [5.74, 6) is -0.890. The van der Waals surface area contributed by atoms with E-state index in [1.807, 2.05) is 13.0 Å². The summed E-state index contributed by atoms with van der Waals surface area (Å²) in [4.78, 5) is 13.3. The molecular weight excluding hydrogens is 242 g/mol. The van der Waals surface area contributed by atoms with Crippen molar-refractivity contribution >= 4 is 5.97 Å². The molecule has 1 aliphatic carbocycles. The van der Waals surface area contributed by atoms with Gasteiger partial charge in [-0.25, -0.2) is 4.79 Å². The summed E-state index contributed by atoms with van der Waals surface area (Å²) in [6, 6.07) is 5.79. The molecule has 4 nitrogen and oxygen atoms in total. The molecule has 1 aromatic carbocycles. The van der Waals surface area contributed by atoms with E-state index in [1.54, 1.807) is 12.1 Å². The number of aryl methyl sites for hydroxylation is 1. The highest BCUT2D eigenvalue weighted by molar-refractivity contribution is 5.87. The van der Waals surface area contributed by atoms with Gasteiger partial charge < -0.3 is 10.2 Å². The molecule has 0 atom stereocenters. The summed E-state index contributed by atoms with van der Waals surface area (Å²) in [6.45, 7) is 3.52. The first-order valence-electron chi connectivity index (χ1n) is 6.79. The fourth-order valence-corrected chi connectivity index (χ4v) is 2.46. The molecule has 0 bridgehead atoms. The van der Waals surface area contributed by atoms with Gasteiger partial charge in [-0.15, -0.1) is 0 Å². The number of carboxylic acid groups (broad SMARTS) is 1.